The molecule has 13 heteroatoms. The van der Waals surface area contributed by atoms with Gasteiger partial charge in [0.25, 0.3) is 0 Å². The van der Waals surface area contributed by atoms with E-state index in [4.69, 9.17) is 4.74 Å². The minimum absolute atomic E-state index is 0.00465. The van der Waals surface area contributed by atoms with Crippen LogP contribution in [0, 0.1) is 0 Å². The molecule has 230 valence electrons. The van der Waals surface area contributed by atoms with Gasteiger partial charge in [0, 0.05) is 38.2 Å². The zero-order chi connectivity index (χ0) is 30.5. The fourth-order valence-electron chi connectivity index (χ4n) is 4.35. The number of fused-ring (bicyclic) bond motifs is 2. The topological polar surface area (TPSA) is 130 Å². The average molecular weight is 600 g/mol. The highest BCUT2D eigenvalue weighted by molar-refractivity contribution is 5.76. The first-order chi connectivity index (χ1) is 20.7. The van der Waals surface area contributed by atoms with Crippen LogP contribution in [0.1, 0.15) is 68.1 Å². The van der Waals surface area contributed by atoms with E-state index in [0.717, 1.165) is 55.2 Å². The number of alkyl halides is 3. The number of ether oxygens (including phenoxy) is 1. The Hall–Kier alpha value is -4.42. The Morgan fingerprint density at radius 1 is 0.628 bits per heavy atom. The predicted molar refractivity (Wildman–Crippen MR) is 155 cm³/mol. The molecule has 4 heterocycles. The standard InChI is InChI=1S/C30H36F3N7O3/c31-30(32,33)20-43-29-39-27-36-19-22-11-9-21(10-12-22)17-34-25(41)7-5-3-1-2-4-6-8-26(42)35-18-23-13-15-24(16-14-23)37-28(38-27)40-29/h9-16H,1-8,17-20H2,(H,34,41)(H,35,42)(H2,36,37,38,39,40). The van der Waals surface area contributed by atoms with Gasteiger partial charge in [0.05, 0.1) is 0 Å². The van der Waals surface area contributed by atoms with Crippen molar-refractivity contribution in [2.24, 2.45) is 0 Å². The second kappa shape index (κ2) is 15.7. The lowest BCUT2D eigenvalue weighted by Crippen LogP contribution is -2.22. The highest BCUT2D eigenvalue weighted by atomic mass is 19.4. The lowest BCUT2D eigenvalue weighted by atomic mass is 10.1. The number of nitrogens with one attached hydrogen (secondary N) is 4. The number of halogens is 3. The summed E-state index contributed by atoms with van der Waals surface area (Å²) in [6, 6.07) is 14.2. The Kier molecular flexibility index (Phi) is 11.5. The van der Waals surface area contributed by atoms with Crippen molar-refractivity contribution in [2.75, 3.05) is 17.2 Å². The Labute approximate surface area is 248 Å². The molecule has 43 heavy (non-hydrogen) atoms. The Balaban J connectivity index is 1.47. The number of hydrogen-bond donors (Lipinski definition) is 4. The quantitative estimate of drug-likeness (QED) is 0.302. The molecule has 0 spiro atoms. The molecule has 3 aliphatic rings. The van der Waals surface area contributed by atoms with Crippen LogP contribution in [0.25, 0.3) is 0 Å². The highest BCUT2D eigenvalue weighted by Gasteiger charge is 2.29. The summed E-state index contributed by atoms with van der Waals surface area (Å²) in [4.78, 5) is 36.7. The van der Waals surface area contributed by atoms with E-state index >= 15 is 0 Å². The minimum atomic E-state index is -4.56. The molecule has 0 radical (unpaired) electrons. The number of nitrogens with zero attached hydrogens (tertiary/aromatic N) is 3. The molecule has 2 amide bonds. The number of anilines is 3. The first-order valence-corrected chi connectivity index (χ1v) is 14.4. The van der Waals surface area contributed by atoms with Gasteiger partial charge in [-0.1, -0.05) is 62.1 Å². The molecule has 4 N–H and O–H groups in total. The molecule has 0 saturated heterocycles. The smallest absolute Gasteiger partial charge is 0.422 e. The van der Waals surface area contributed by atoms with E-state index in [-0.39, 0.29) is 30.3 Å². The van der Waals surface area contributed by atoms with E-state index < -0.39 is 18.8 Å². The van der Waals surface area contributed by atoms with Crippen molar-refractivity contribution in [3.8, 4) is 6.01 Å². The van der Waals surface area contributed by atoms with E-state index in [9.17, 15) is 22.8 Å². The maximum atomic E-state index is 12.8. The molecule has 0 saturated carbocycles. The number of amides is 2. The fourth-order valence-corrected chi connectivity index (χ4v) is 4.35. The molecular weight excluding hydrogens is 563 g/mol. The molecule has 3 aliphatic heterocycles. The number of aromatic nitrogens is 3. The average Bonchev–Trinajstić information content (AvgIpc) is 2.98. The van der Waals surface area contributed by atoms with Gasteiger partial charge in [-0.05, 0) is 41.7 Å². The van der Waals surface area contributed by atoms with Crippen molar-refractivity contribution < 1.29 is 27.5 Å². The molecule has 0 unspecified atom stereocenters. The maximum Gasteiger partial charge on any atom is 0.422 e. The summed E-state index contributed by atoms with van der Waals surface area (Å²) < 4.78 is 43.1. The van der Waals surface area contributed by atoms with Crippen molar-refractivity contribution in [3.63, 3.8) is 0 Å². The molecule has 0 fully saturated rings. The molecular formula is C30H36F3N7O3. The number of benzene rings is 2. The highest BCUT2D eigenvalue weighted by Crippen LogP contribution is 2.21. The third-order valence-electron chi connectivity index (χ3n) is 6.70. The normalized spacial score (nSPS) is 16.2. The number of hydrogen-bond acceptors (Lipinski definition) is 8. The lowest BCUT2D eigenvalue weighted by molar-refractivity contribution is -0.154. The van der Waals surface area contributed by atoms with Gasteiger partial charge in [-0.2, -0.15) is 28.1 Å². The Morgan fingerprint density at radius 2 is 1.09 bits per heavy atom. The van der Waals surface area contributed by atoms with E-state index in [1.807, 2.05) is 36.4 Å². The second-order valence-electron chi connectivity index (χ2n) is 10.3. The van der Waals surface area contributed by atoms with Crippen LogP contribution in [0.3, 0.4) is 0 Å². The van der Waals surface area contributed by atoms with Crippen molar-refractivity contribution in [3.05, 3.63) is 65.2 Å². The van der Waals surface area contributed by atoms with Gasteiger partial charge in [0.15, 0.2) is 6.61 Å². The van der Waals surface area contributed by atoms with Crippen molar-refractivity contribution in [1.29, 1.82) is 0 Å². The Bertz CT molecular complexity index is 1340. The van der Waals surface area contributed by atoms with Gasteiger partial charge in [-0.3, -0.25) is 9.59 Å². The first-order valence-electron chi connectivity index (χ1n) is 14.4. The zero-order valence-corrected chi connectivity index (χ0v) is 23.8. The third-order valence-corrected chi connectivity index (χ3v) is 6.70. The van der Waals surface area contributed by atoms with Crippen molar-refractivity contribution in [1.82, 2.24) is 25.6 Å². The van der Waals surface area contributed by atoms with Crippen LogP contribution in [0.2, 0.25) is 0 Å². The minimum Gasteiger partial charge on any atom is -0.454 e. The molecule has 1 aromatic heterocycles. The monoisotopic (exact) mass is 599 g/mol. The van der Waals surface area contributed by atoms with E-state index in [0.29, 0.717) is 31.6 Å². The molecule has 3 aromatic rings. The number of carbonyl (C=O) groups excluding carboxylic acids is 2. The van der Waals surface area contributed by atoms with E-state index in [1.165, 1.54) is 0 Å². The summed E-state index contributed by atoms with van der Waals surface area (Å²) in [6.45, 7) is -0.473. The summed E-state index contributed by atoms with van der Waals surface area (Å²) in [5, 5.41) is 11.8. The largest absolute Gasteiger partial charge is 0.454 e. The van der Waals surface area contributed by atoms with Gasteiger partial charge in [-0.15, -0.1) is 0 Å². The van der Waals surface area contributed by atoms with E-state index in [1.54, 1.807) is 12.1 Å². The zero-order valence-electron chi connectivity index (χ0n) is 23.8. The van der Waals surface area contributed by atoms with E-state index in [2.05, 4.69) is 36.2 Å². The van der Waals surface area contributed by atoms with Gasteiger partial charge < -0.3 is 26.0 Å². The summed E-state index contributed by atoms with van der Waals surface area (Å²) in [5.41, 5.74) is 3.28. The molecule has 0 aliphatic carbocycles. The van der Waals surface area contributed by atoms with Crippen LogP contribution in [-0.2, 0) is 29.2 Å². The summed E-state index contributed by atoms with van der Waals surface area (Å²) in [6.07, 6.45) is 2.02. The van der Waals surface area contributed by atoms with Crippen molar-refractivity contribution >= 4 is 29.4 Å². The SMILES string of the molecule is O=C1CCCCCCCCC(=O)NCc2ccc(cc2)Nc2nc(nc(OCC(F)(F)F)n2)NCc2ccc(cc2)CN1. The van der Waals surface area contributed by atoms with Crippen molar-refractivity contribution in [2.45, 2.75) is 77.2 Å². The van der Waals surface area contributed by atoms with Gasteiger partial charge >= 0.3 is 12.2 Å². The number of carbonyl (C=O) groups is 2. The first kappa shape index (κ1) is 31.5. The summed E-state index contributed by atoms with van der Waals surface area (Å²) >= 11 is 0. The molecule has 10 nitrogen and oxygen atoms in total. The lowest BCUT2D eigenvalue weighted by Gasteiger charge is -2.12. The second-order valence-corrected chi connectivity index (χ2v) is 10.3. The molecule has 6 bridgehead atoms. The Morgan fingerprint density at radius 3 is 1.63 bits per heavy atom. The molecule has 0 atom stereocenters. The number of rotatable bonds is 2. The van der Waals surface area contributed by atoms with Crippen LogP contribution in [-0.4, -0.2) is 39.5 Å². The van der Waals surface area contributed by atoms with Crippen LogP contribution in [0.4, 0.5) is 30.8 Å². The maximum absolute atomic E-state index is 12.8. The molecule has 6 rings (SSSR count). The molecule has 2 aromatic carbocycles. The van der Waals surface area contributed by atoms with Gasteiger partial charge in [0.1, 0.15) is 0 Å². The van der Waals surface area contributed by atoms with Crippen LogP contribution >= 0.6 is 0 Å². The third kappa shape index (κ3) is 11.8. The van der Waals surface area contributed by atoms with Crippen LogP contribution in [0.15, 0.2) is 48.5 Å². The summed E-state index contributed by atoms with van der Waals surface area (Å²) in [5.74, 6) is 0.0133. The van der Waals surface area contributed by atoms with Crippen LogP contribution < -0.4 is 26.0 Å². The van der Waals surface area contributed by atoms with Crippen LogP contribution in [0.5, 0.6) is 6.01 Å². The predicted octanol–water partition coefficient (Wildman–Crippen LogP) is 5.54. The van der Waals surface area contributed by atoms with Gasteiger partial charge in [-0.25, -0.2) is 0 Å². The fraction of sp³-hybridized carbons (Fsp3) is 0.433. The summed E-state index contributed by atoms with van der Waals surface area (Å²) in [7, 11) is 0. The van der Waals surface area contributed by atoms with Gasteiger partial charge in [0.2, 0.25) is 23.7 Å².